The Bertz CT molecular complexity index is 368. The molecule has 0 radical (unpaired) electrons. The Hall–Kier alpha value is -1.45. The molecule has 1 aromatic carbocycles. The van der Waals surface area contributed by atoms with Crippen LogP contribution >= 0.6 is 0 Å². The van der Waals surface area contributed by atoms with E-state index in [4.69, 9.17) is 0 Å². The first kappa shape index (κ1) is 10.1. The van der Waals surface area contributed by atoms with Crippen LogP contribution in [0.25, 0.3) is 0 Å². The second-order valence-electron chi connectivity index (χ2n) is 3.57. The van der Waals surface area contributed by atoms with Gasteiger partial charge in [0.15, 0.2) is 0 Å². The van der Waals surface area contributed by atoms with Crippen molar-refractivity contribution in [3.63, 3.8) is 0 Å². The van der Waals surface area contributed by atoms with E-state index in [0.29, 0.717) is 5.69 Å². The lowest BCUT2D eigenvalue weighted by molar-refractivity contribution is 0.584. The Morgan fingerprint density at radius 3 is 2.40 bits per heavy atom. The van der Waals surface area contributed by atoms with Crippen molar-refractivity contribution in [2.75, 3.05) is 11.9 Å². The van der Waals surface area contributed by atoms with Gasteiger partial charge >= 0.3 is 0 Å². The van der Waals surface area contributed by atoms with Gasteiger partial charge in [-0.1, -0.05) is 0 Å². The van der Waals surface area contributed by atoms with Crippen LogP contribution in [-0.4, -0.2) is 12.4 Å². The van der Waals surface area contributed by atoms with E-state index in [-0.39, 0.29) is 0 Å². The first-order valence-corrected chi connectivity index (χ1v) is 5.00. The van der Waals surface area contributed by atoms with E-state index in [9.17, 15) is 8.78 Å². The predicted octanol–water partition coefficient (Wildman–Crippen LogP) is 2.96. The molecule has 4 heteroatoms. The van der Waals surface area contributed by atoms with Crippen molar-refractivity contribution in [3.8, 4) is 0 Å². The van der Waals surface area contributed by atoms with E-state index in [0.717, 1.165) is 37.7 Å². The summed E-state index contributed by atoms with van der Waals surface area (Å²) >= 11 is 0. The third-order valence-corrected chi connectivity index (χ3v) is 2.28. The summed E-state index contributed by atoms with van der Waals surface area (Å²) in [5.74, 6) is -0.339. The molecule has 0 bridgehead atoms. The molecule has 1 N–H and O–H groups in total. The highest BCUT2D eigenvalue weighted by Crippen LogP contribution is 2.15. The first-order chi connectivity index (χ1) is 7.24. The fraction of sp³-hybridized carbons (Fsp3) is 0.364. The summed E-state index contributed by atoms with van der Waals surface area (Å²) in [5.41, 5.74) is 0.424. The summed E-state index contributed by atoms with van der Waals surface area (Å²) < 4.78 is 25.7. The number of halogens is 2. The molecule has 0 aliphatic carbocycles. The number of rotatable bonds is 1. The second-order valence-corrected chi connectivity index (χ2v) is 3.57. The molecule has 0 amide bonds. The zero-order valence-corrected chi connectivity index (χ0v) is 8.26. The lowest BCUT2D eigenvalue weighted by atomic mass is 10.2. The molecular formula is C11H12F2N2. The first-order valence-electron chi connectivity index (χ1n) is 5.00. The molecule has 0 saturated heterocycles. The number of anilines is 1. The van der Waals surface area contributed by atoms with E-state index in [2.05, 4.69) is 10.3 Å². The highest BCUT2D eigenvalue weighted by Gasteiger charge is 2.06. The van der Waals surface area contributed by atoms with Crippen LogP contribution in [0.2, 0.25) is 0 Å². The normalized spacial score (nSPS) is 16.0. The van der Waals surface area contributed by atoms with Gasteiger partial charge in [-0.2, -0.15) is 0 Å². The number of hydrogen-bond acceptors (Lipinski definition) is 2. The summed E-state index contributed by atoms with van der Waals surface area (Å²) in [5, 5.41) is 2.93. The molecule has 0 unspecified atom stereocenters. The number of nitrogens with one attached hydrogen (secondary N) is 1. The predicted molar refractivity (Wildman–Crippen MR) is 56.1 cm³/mol. The minimum atomic E-state index is -0.575. The van der Waals surface area contributed by atoms with Gasteiger partial charge in [-0.25, -0.2) is 8.78 Å². The van der Waals surface area contributed by atoms with Crippen LogP contribution < -0.4 is 5.32 Å². The van der Waals surface area contributed by atoms with Crippen LogP contribution in [0, 0.1) is 11.6 Å². The molecule has 0 saturated carbocycles. The molecule has 0 aromatic heterocycles. The molecule has 1 aliphatic rings. The lowest BCUT2D eigenvalue weighted by Gasteiger charge is -2.13. The Morgan fingerprint density at radius 1 is 1.07 bits per heavy atom. The average molecular weight is 210 g/mol. The van der Waals surface area contributed by atoms with Crippen LogP contribution in [0.5, 0.6) is 0 Å². The largest absolute Gasteiger partial charge is 0.344 e. The second kappa shape index (κ2) is 4.38. The summed E-state index contributed by atoms with van der Waals surface area (Å²) in [4.78, 5) is 4.24. The molecule has 15 heavy (non-hydrogen) atoms. The van der Waals surface area contributed by atoms with Gasteiger partial charge < -0.3 is 5.32 Å². The molecule has 80 valence electrons. The van der Waals surface area contributed by atoms with E-state index >= 15 is 0 Å². The van der Waals surface area contributed by atoms with Crippen LogP contribution in [-0.2, 0) is 0 Å². The van der Waals surface area contributed by atoms with Crippen LogP contribution in [0.3, 0.4) is 0 Å². The van der Waals surface area contributed by atoms with E-state index < -0.39 is 11.6 Å². The van der Waals surface area contributed by atoms with Gasteiger partial charge in [-0.3, -0.25) is 4.99 Å². The van der Waals surface area contributed by atoms with Crippen molar-refractivity contribution in [2.24, 2.45) is 4.99 Å². The maximum Gasteiger partial charge on any atom is 0.128 e. The van der Waals surface area contributed by atoms with Gasteiger partial charge in [0.05, 0.1) is 0 Å². The van der Waals surface area contributed by atoms with Gasteiger partial charge in [0.1, 0.15) is 17.5 Å². The third kappa shape index (κ3) is 2.75. The van der Waals surface area contributed by atoms with Gasteiger partial charge in [0.2, 0.25) is 0 Å². The van der Waals surface area contributed by atoms with Gasteiger partial charge in [0.25, 0.3) is 0 Å². The Labute approximate surface area is 87.0 Å². The monoisotopic (exact) mass is 210 g/mol. The molecule has 1 heterocycles. The SMILES string of the molecule is Fc1cc(F)cc(NC2=NCCCC2)c1. The number of amidine groups is 1. The van der Waals surface area contributed by atoms with Gasteiger partial charge in [0, 0.05) is 24.7 Å². The van der Waals surface area contributed by atoms with Crippen molar-refractivity contribution in [3.05, 3.63) is 29.8 Å². The van der Waals surface area contributed by atoms with E-state index in [1.54, 1.807) is 0 Å². The molecule has 2 rings (SSSR count). The molecule has 1 aromatic rings. The number of aliphatic imine (C=N–C) groups is 1. The van der Waals surface area contributed by atoms with Crippen LogP contribution in [0.15, 0.2) is 23.2 Å². The fourth-order valence-corrected chi connectivity index (χ4v) is 1.59. The van der Waals surface area contributed by atoms with E-state index in [1.807, 2.05) is 0 Å². The summed E-state index contributed by atoms with van der Waals surface area (Å²) in [6, 6.07) is 3.38. The highest BCUT2D eigenvalue weighted by atomic mass is 19.1. The third-order valence-electron chi connectivity index (χ3n) is 2.28. The van der Waals surface area contributed by atoms with Crippen molar-refractivity contribution in [1.29, 1.82) is 0 Å². The Kier molecular flexibility index (Phi) is 2.94. The standard InChI is InChI=1S/C11H12F2N2/c12-8-5-9(13)7-10(6-8)15-11-3-1-2-4-14-11/h5-7H,1-4H2,(H,14,15). The highest BCUT2D eigenvalue weighted by molar-refractivity contribution is 5.95. The maximum absolute atomic E-state index is 12.9. The zero-order chi connectivity index (χ0) is 10.7. The van der Waals surface area contributed by atoms with Gasteiger partial charge in [-0.15, -0.1) is 0 Å². The quantitative estimate of drug-likeness (QED) is 0.757. The maximum atomic E-state index is 12.9. The molecule has 0 fully saturated rings. The molecule has 0 atom stereocenters. The minimum Gasteiger partial charge on any atom is -0.344 e. The average Bonchev–Trinajstić information content (AvgIpc) is 2.17. The molecule has 1 aliphatic heterocycles. The Morgan fingerprint density at radius 2 is 1.80 bits per heavy atom. The lowest BCUT2D eigenvalue weighted by Crippen LogP contribution is -2.16. The van der Waals surface area contributed by atoms with Crippen molar-refractivity contribution >= 4 is 11.5 Å². The van der Waals surface area contributed by atoms with Gasteiger partial charge in [-0.05, 0) is 25.0 Å². The zero-order valence-electron chi connectivity index (χ0n) is 8.26. The number of benzene rings is 1. The van der Waals surface area contributed by atoms with Crippen LogP contribution in [0.4, 0.5) is 14.5 Å². The molecular weight excluding hydrogens is 198 g/mol. The molecule has 0 spiro atoms. The van der Waals surface area contributed by atoms with E-state index in [1.165, 1.54) is 12.1 Å². The Balaban J connectivity index is 2.12. The number of hydrogen-bond donors (Lipinski definition) is 1. The van der Waals surface area contributed by atoms with Crippen molar-refractivity contribution in [1.82, 2.24) is 0 Å². The van der Waals surface area contributed by atoms with Crippen molar-refractivity contribution < 1.29 is 8.78 Å². The smallest absolute Gasteiger partial charge is 0.128 e. The van der Waals surface area contributed by atoms with Crippen molar-refractivity contribution in [2.45, 2.75) is 19.3 Å². The topological polar surface area (TPSA) is 24.4 Å². The van der Waals surface area contributed by atoms with Crippen LogP contribution in [0.1, 0.15) is 19.3 Å². The summed E-state index contributed by atoms with van der Waals surface area (Å²) in [6.07, 6.45) is 3.00. The summed E-state index contributed by atoms with van der Waals surface area (Å²) in [6.45, 7) is 0.792. The minimum absolute atomic E-state index is 0.424. The fourth-order valence-electron chi connectivity index (χ4n) is 1.59. The summed E-state index contributed by atoms with van der Waals surface area (Å²) in [7, 11) is 0. The molecule has 2 nitrogen and oxygen atoms in total. The number of nitrogens with zero attached hydrogens (tertiary/aromatic N) is 1.